The molecule has 0 atom stereocenters. The van der Waals surface area contributed by atoms with Crippen LogP contribution >= 0.6 is 38.5 Å². The van der Waals surface area contributed by atoms with Crippen molar-refractivity contribution >= 4 is 38.5 Å². The average Bonchev–Trinajstić information content (AvgIpc) is 1.96. The minimum atomic E-state index is -4.90. The Labute approximate surface area is 108 Å². The van der Waals surface area contributed by atoms with Crippen LogP contribution in [0.2, 0.25) is 0 Å². The zero-order valence-corrected chi connectivity index (χ0v) is 10.9. The number of ether oxygens (including phenoxy) is 1. The van der Waals surface area contributed by atoms with Gasteiger partial charge >= 0.3 is 6.36 Å². The van der Waals surface area contributed by atoms with Crippen molar-refractivity contribution in [3.63, 3.8) is 0 Å². The molecule has 16 heavy (non-hydrogen) atoms. The quantitative estimate of drug-likeness (QED) is 0.407. The van der Waals surface area contributed by atoms with Crippen LogP contribution in [0, 0.1) is 3.57 Å². The van der Waals surface area contributed by atoms with Crippen LogP contribution in [-0.4, -0.2) is 11.3 Å². The van der Waals surface area contributed by atoms with Crippen molar-refractivity contribution in [2.24, 2.45) is 0 Å². The Morgan fingerprint density at radius 2 is 1.94 bits per heavy atom. The summed E-state index contributed by atoms with van der Waals surface area (Å²) in [6.07, 6.45) is -7.73. The Bertz CT molecular complexity index is 374. The van der Waals surface area contributed by atoms with Crippen LogP contribution in [-0.2, 0) is 0 Å². The van der Waals surface area contributed by atoms with Crippen LogP contribution in [0.3, 0.4) is 0 Å². The highest BCUT2D eigenvalue weighted by Gasteiger charge is 2.32. The Kier molecular flexibility index (Phi) is 4.32. The Balaban J connectivity index is 3.10. The number of hydrogen-bond donors (Lipinski definition) is 0. The first kappa shape index (κ1) is 13.9. The lowest BCUT2D eigenvalue weighted by Gasteiger charge is -2.11. The topological polar surface area (TPSA) is 22.1 Å². The molecule has 0 unspecified atom stereocenters. The van der Waals surface area contributed by atoms with Gasteiger partial charge in [0, 0.05) is 9.64 Å². The lowest BCUT2D eigenvalue weighted by Crippen LogP contribution is -2.18. The highest BCUT2D eigenvalue weighted by molar-refractivity contribution is 14.1. The third kappa shape index (κ3) is 3.68. The zero-order chi connectivity index (χ0) is 12.5. The average molecular weight is 418 g/mol. The fraction of sp³-hybridized carbons (Fsp3) is 0.286. The second kappa shape index (κ2) is 4.98. The summed E-state index contributed by atoms with van der Waals surface area (Å²) in [4.78, 5) is 3.23. The molecule has 1 heterocycles. The van der Waals surface area contributed by atoms with Crippen LogP contribution in [0.25, 0.3) is 0 Å². The van der Waals surface area contributed by atoms with Crippen LogP contribution in [0.4, 0.5) is 22.0 Å². The molecule has 9 heteroatoms. The molecule has 0 aliphatic carbocycles. The van der Waals surface area contributed by atoms with Gasteiger partial charge in [-0.1, -0.05) is 0 Å². The van der Waals surface area contributed by atoms with Crippen molar-refractivity contribution in [2.75, 3.05) is 0 Å². The number of pyridine rings is 1. The number of hydrogen-bond acceptors (Lipinski definition) is 2. The van der Waals surface area contributed by atoms with Crippen LogP contribution in [0.15, 0.2) is 10.7 Å². The van der Waals surface area contributed by atoms with Crippen LogP contribution in [0.1, 0.15) is 12.0 Å². The van der Waals surface area contributed by atoms with E-state index in [1.54, 1.807) is 0 Å². The molecule has 1 aromatic rings. The van der Waals surface area contributed by atoms with Crippen molar-refractivity contribution in [3.05, 3.63) is 19.8 Å². The molecule has 0 N–H and O–H groups in total. The van der Waals surface area contributed by atoms with Crippen molar-refractivity contribution in [2.45, 2.75) is 12.8 Å². The van der Waals surface area contributed by atoms with E-state index < -0.39 is 24.2 Å². The van der Waals surface area contributed by atoms with Gasteiger partial charge in [0.1, 0.15) is 4.60 Å². The smallest absolute Gasteiger partial charge is 0.388 e. The van der Waals surface area contributed by atoms with E-state index in [4.69, 9.17) is 0 Å². The van der Waals surface area contributed by atoms with Crippen LogP contribution < -0.4 is 4.74 Å². The Hall–Kier alpha value is -0.190. The molecule has 0 bridgehead atoms. The summed E-state index contributed by atoms with van der Waals surface area (Å²) in [5.74, 6) is -0.784. The van der Waals surface area contributed by atoms with E-state index in [0.717, 1.165) is 6.07 Å². The molecule has 1 rings (SSSR count). The summed E-state index contributed by atoms with van der Waals surface area (Å²) < 4.78 is 63.4. The molecule has 0 aliphatic rings. The number of rotatable bonds is 2. The van der Waals surface area contributed by atoms with Gasteiger partial charge in [-0.05, 0) is 38.5 Å². The van der Waals surface area contributed by atoms with E-state index in [9.17, 15) is 22.0 Å². The maximum atomic E-state index is 12.4. The molecule has 2 nitrogen and oxygen atoms in total. The summed E-state index contributed by atoms with van der Waals surface area (Å²) in [6.45, 7) is 0. The molecule has 0 aliphatic heterocycles. The highest BCUT2D eigenvalue weighted by atomic mass is 127. The summed E-state index contributed by atoms with van der Waals surface area (Å²) in [5.41, 5.74) is -0.463. The first-order chi connectivity index (χ1) is 7.20. The van der Waals surface area contributed by atoms with Gasteiger partial charge < -0.3 is 4.74 Å². The molecular formula is C7H2BrF5INO. The molecule has 0 amide bonds. The SMILES string of the molecule is FC(F)c1c(I)cc(OC(F)(F)F)nc1Br. The maximum absolute atomic E-state index is 12.4. The number of alkyl halides is 5. The molecule has 90 valence electrons. The van der Waals surface area contributed by atoms with Gasteiger partial charge in [-0.3, -0.25) is 0 Å². The van der Waals surface area contributed by atoms with E-state index in [0.29, 0.717) is 0 Å². The monoisotopic (exact) mass is 417 g/mol. The number of nitrogens with zero attached hydrogens (tertiary/aromatic N) is 1. The van der Waals surface area contributed by atoms with Crippen molar-refractivity contribution in [1.82, 2.24) is 4.98 Å². The summed E-state index contributed by atoms with van der Waals surface area (Å²) in [5, 5.41) is 0. The second-order valence-corrected chi connectivity index (χ2v) is 4.41. The van der Waals surface area contributed by atoms with Gasteiger partial charge in [0.2, 0.25) is 5.88 Å². The summed E-state index contributed by atoms with van der Waals surface area (Å²) in [7, 11) is 0. The lowest BCUT2D eigenvalue weighted by molar-refractivity contribution is -0.276. The van der Waals surface area contributed by atoms with Crippen molar-refractivity contribution < 1.29 is 26.7 Å². The molecule has 0 saturated carbocycles. The van der Waals surface area contributed by atoms with Gasteiger partial charge in [-0.25, -0.2) is 13.8 Å². The molecule has 0 fully saturated rings. The summed E-state index contributed by atoms with van der Waals surface area (Å²) in [6, 6.07) is 0.792. The third-order valence-corrected chi connectivity index (χ3v) is 2.87. The van der Waals surface area contributed by atoms with Gasteiger partial charge in [-0.2, -0.15) is 0 Å². The van der Waals surface area contributed by atoms with Gasteiger partial charge in [-0.15, -0.1) is 13.2 Å². The molecular weight excluding hydrogens is 416 g/mol. The van der Waals surface area contributed by atoms with E-state index in [1.165, 1.54) is 22.6 Å². The molecule has 0 spiro atoms. The molecule has 0 aromatic carbocycles. The largest absolute Gasteiger partial charge is 0.574 e. The Morgan fingerprint density at radius 3 is 2.31 bits per heavy atom. The Morgan fingerprint density at radius 1 is 1.38 bits per heavy atom. The third-order valence-electron chi connectivity index (χ3n) is 1.38. The number of aromatic nitrogens is 1. The summed E-state index contributed by atoms with van der Waals surface area (Å²) >= 11 is 4.14. The van der Waals surface area contributed by atoms with E-state index in [-0.39, 0.29) is 8.17 Å². The highest BCUT2D eigenvalue weighted by Crippen LogP contribution is 2.33. The zero-order valence-electron chi connectivity index (χ0n) is 7.16. The van der Waals surface area contributed by atoms with E-state index in [1.807, 2.05) is 0 Å². The first-order valence-corrected chi connectivity index (χ1v) is 5.47. The minimum Gasteiger partial charge on any atom is -0.388 e. The van der Waals surface area contributed by atoms with Gasteiger partial charge in [0.15, 0.2) is 0 Å². The number of halogens is 7. The van der Waals surface area contributed by atoms with Crippen molar-refractivity contribution in [3.8, 4) is 5.88 Å². The first-order valence-electron chi connectivity index (χ1n) is 3.60. The maximum Gasteiger partial charge on any atom is 0.574 e. The predicted molar refractivity (Wildman–Crippen MR) is 56.3 cm³/mol. The standard InChI is InChI=1S/C7H2BrF5INO/c8-5-4(6(9)10)2(14)1-3(15-5)16-7(11,12)13/h1,6H. The lowest BCUT2D eigenvalue weighted by atomic mass is 10.3. The normalized spacial score (nSPS) is 12.0. The molecule has 0 radical (unpaired) electrons. The van der Waals surface area contributed by atoms with Crippen LogP contribution in [0.5, 0.6) is 5.88 Å². The molecule has 0 saturated heterocycles. The van der Waals surface area contributed by atoms with Crippen molar-refractivity contribution in [1.29, 1.82) is 0 Å². The predicted octanol–water partition coefficient (Wildman–Crippen LogP) is 4.28. The fourth-order valence-electron chi connectivity index (χ4n) is 0.839. The van der Waals surface area contributed by atoms with E-state index in [2.05, 4.69) is 25.7 Å². The molecule has 1 aromatic heterocycles. The van der Waals surface area contributed by atoms with Gasteiger partial charge in [0.05, 0.1) is 5.56 Å². The second-order valence-electron chi connectivity index (χ2n) is 2.50. The van der Waals surface area contributed by atoms with Gasteiger partial charge in [0.25, 0.3) is 6.43 Å². The minimum absolute atomic E-state index is 0.0614. The fourth-order valence-corrected chi connectivity index (χ4v) is 2.53. The van der Waals surface area contributed by atoms with E-state index >= 15 is 0 Å².